The fourth-order valence-corrected chi connectivity index (χ4v) is 4.19. The van der Waals surface area contributed by atoms with Crippen molar-refractivity contribution in [3.05, 3.63) is 0 Å². The van der Waals surface area contributed by atoms with Crippen LogP contribution in [0.3, 0.4) is 0 Å². The molecule has 0 amide bonds. The van der Waals surface area contributed by atoms with Gasteiger partial charge in [-0.15, -0.1) is 0 Å². The van der Waals surface area contributed by atoms with E-state index < -0.39 is 0 Å². The molecule has 3 fully saturated rings. The van der Waals surface area contributed by atoms with Crippen LogP contribution in [0.1, 0.15) is 58.3 Å². The first kappa shape index (κ1) is 14.8. The number of ether oxygens (including phenoxy) is 1. The first-order valence-corrected chi connectivity index (χ1v) is 8.90. The Morgan fingerprint density at radius 1 is 1.15 bits per heavy atom. The summed E-state index contributed by atoms with van der Waals surface area (Å²) in [5.41, 5.74) is 0.439. The average Bonchev–Trinajstić information content (AvgIpc) is 3.29. The van der Waals surface area contributed by atoms with E-state index in [9.17, 15) is 0 Å². The zero-order chi connectivity index (χ0) is 13.8. The summed E-state index contributed by atoms with van der Waals surface area (Å²) in [6, 6.07) is 0.785. The van der Waals surface area contributed by atoms with E-state index in [0.717, 1.165) is 38.1 Å². The van der Waals surface area contributed by atoms with Gasteiger partial charge < -0.3 is 10.1 Å². The van der Waals surface area contributed by atoms with Gasteiger partial charge in [0.2, 0.25) is 0 Å². The first-order valence-electron chi connectivity index (χ1n) is 8.90. The number of hydrogen-bond acceptors (Lipinski definition) is 3. The number of rotatable bonds is 6. The lowest BCUT2D eigenvalue weighted by Gasteiger charge is -2.50. The van der Waals surface area contributed by atoms with Crippen LogP contribution < -0.4 is 5.32 Å². The van der Waals surface area contributed by atoms with Crippen LogP contribution in [-0.4, -0.2) is 49.3 Å². The molecule has 1 spiro atoms. The molecule has 1 saturated heterocycles. The van der Waals surface area contributed by atoms with E-state index in [4.69, 9.17) is 4.74 Å². The maximum atomic E-state index is 5.75. The third-order valence-electron chi connectivity index (χ3n) is 5.51. The van der Waals surface area contributed by atoms with Gasteiger partial charge in [-0.25, -0.2) is 0 Å². The van der Waals surface area contributed by atoms with Gasteiger partial charge in [0.1, 0.15) is 0 Å². The van der Waals surface area contributed by atoms with Crippen LogP contribution in [-0.2, 0) is 4.74 Å². The molecule has 0 bridgehead atoms. The predicted octanol–water partition coefficient (Wildman–Crippen LogP) is 2.80. The Bertz CT molecular complexity index is 297. The molecule has 0 aromatic carbocycles. The summed E-state index contributed by atoms with van der Waals surface area (Å²) in [7, 11) is 0. The van der Waals surface area contributed by atoms with Crippen molar-refractivity contribution in [2.24, 2.45) is 5.92 Å². The van der Waals surface area contributed by atoms with Gasteiger partial charge in [-0.2, -0.15) is 0 Å². The van der Waals surface area contributed by atoms with Crippen LogP contribution in [0.2, 0.25) is 0 Å². The third kappa shape index (κ3) is 3.55. The van der Waals surface area contributed by atoms with Gasteiger partial charge in [-0.1, -0.05) is 26.2 Å². The van der Waals surface area contributed by atoms with E-state index >= 15 is 0 Å². The highest BCUT2D eigenvalue weighted by Gasteiger charge is 2.44. The average molecular weight is 280 g/mol. The highest BCUT2D eigenvalue weighted by atomic mass is 16.5. The monoisotopic (exact) mass is 280 g/mol. The van der Waals surface area contributed by atoms with Crippen LogP contribution >= 0.6 is 0 Å². The van der Waals surface area contributed by atoms with Crippen LogP contribution in [0.4, 0.5) is 0 Å². The first-order chi connectivity index (χ1) is 9.83. The lowest BCUT2D eigenvalue weighted by Crippen LogP contribution is -2.65. The minimum Gasteiger partial charge on any atom is -0.380 e. The molecule has 0 aromatic heterocycles. The molecule has 1 aliphatic heterocycles. The van der Waals surface area contributed by atoms with E-state index in [1.54, 1.807) is 0 Å². The molecular formula is C17H32N2O. The van der Waals surface area contributed by atoms with Crippen molar-refractivity contribution in [2.75, 3.05) is 32.8 Å². The molecular weight excluding hydrogens is 248 g/mol. The second-order valence-electron chi connectivity index (χ2n) is 7.21. The molecule has 3 nitrogen and oxygen atoms in total. The van der Waals surface area contributed by atoms with Crippen molar-refractivity contribution in [3.63, 3.8) is 0 Å². The minimum atomic E-state index is 0.439. The van der Waals surface area contributed by atoms with Gasteiger partial charge in [0.15, 0.2) is 0 Å². The molecule has 0 radical (unpaired) electrons. The fraction of sp³-hybridized carbons (Fsp3) is 1.00. The van der Waals surface area contributed by atoms with Crippen molar-refractivity contribution in [1.82, 2.24) is 10.2 Å². The van der Waals surface area contributed by atoms with Crippen LogP contribution in [0.5, 0.6) is 0 Å². The van der Waals surface area contributed by atoms with Crippen LogP contribution in [0, 0.1) is 5.92 Å². The van der Waals surface area contributed by atoms with Gasteiger partial charge in [-0.05, 0) is 38.0 Å². The highest BCUT2D eigenvalue weighted by molar-refractivity contribution is 5.03. The normalized spacial score (nSPS) is 30.8. The fourth-order valence-electron chi connectivity index (χ4n) is 4.19. The number of piperazine rings is 1. The minimum absolute atomic E-state index is 0.439. The van der Waals surface area contributed by atoms with Crippen molar-refractivity contribution in [3.8, 4) is 0 Å². The maximum absolute atomic E-state index is 5.75. The molecule has 3 aliphatic rings. The summed E-state index contributed by atoms with van der Waals surface area (Å²) in [5, 5.41) is 3.95. The molecule has 3 heteroatoms. The van der Waals surface area contributed by atoms with Crippen LogP contribution in [0.15, 0.2) is 0 Å². The smallest absolute Gasteiger partial charge is 0.0593 e. The van der Waals surface area contributed by atoms with Crippen molar-refractivity contribution in [2.45, 2.75) is 69.9 Å². The molecule has 116 valence electrons. The quantitative estimate of drug-likeness (QED) is 0.757. The molecule has 1 unspecified atom stereocenters. The van der Waals surface area contributed by atoms with Crippen molar-refractivity contribution in [1.29, 1.82) is 0 Å². The summed E-state index contributed by atoms with van der Waals surface area (Å²) < 4.78 is 5.75. The van der Waals surface area contributed by atoms with Gasteiger partial charge >= 0.3 is 0 Å². The highest BCUT2D eigenvalue weighted by Crippen LogP contribution is 2.39. The maximum Gasteiger partial charge on any atom is 0.0593 e. The predicted molar refractivity (Wildman–Crippen MR) is 83.0 cm³/mol. The molecule has 1 heterocycles. The Morgan fingerprint density at radius 3 is 2.65 bits per heavy atom. The SMILES string of the molecule is CCCOCCN1CC2(CCCCC2)NCC1C1CC1. The Morgan fingerprint density at radius 2 is 1.95 bits per heavy atom. The summed E-state index contributed by atoms with van der Waals surface area (Å²) >= 11 is 0. The molecule has 20 heavy (non-hydrogen) atoms. The van der Waals surface area contributed by atoms with Gasteiger partial charge in [0, 0.05) is 37.8 Å². The van der Waals surface area contributed by atoms with Crippen molar-refractivity contribution < 1.29 is 4.74 Å². The molecule has 2 aliphatic carbocycles. The molecule has 1 N–H and O–H groups in total. The van der Waals surface area contributed by atoms with Gasteiger partial charge in [0.05, 0.1) is 6.61 Å². The molecule has 2 saturated carbocycles. The molecule has 0 aromatic rings. The Labute approximate surface area is 124 Å². The number of hydrogen-bond donors (Lipinski definition) is 1. The van der Waals surface area contributed by atoms with E-state index in [-0.39, 0.29) is 0 Å². The van der Waals surface area contributed by atoms with E-state index in [1.807, 2.05) is 0 Å². The Hall–Kier alpha value is -0.120. The van der Waals surface area contributed by atoms with E-state index in [1.165, 1.54) is 58.0 Å². The third-order valence-corrected chi connectivity index (χ3v) is 5.51. The topological polar surface area (TPSA) is 24.5 Å². The Balaban J connectivity index is 1.55. The summed E-state index contributed by atoms with van der Waals surface area (Å²) in [4.78, 5) is 2.77. The number of nitrogens with one attached hydrogen (secondary N) is 1. The largest absolute Gasteiger partial charge is 0.380 e. The lowest BCUT2D eigenvalue weighted by atomic mass is 9.79. The lowest BCUT2D eigenvalue weighted by molar-refractivity contribution is 0.0205. The second-order valence-corrected chi connectivity index (χ2v) is 7.21. The standard InChI is InChI=1S/C17H32N2O/c1-2-11-20-12-10-19-14-17(8-4-3-5-9-17)18-13-16(19)15-6-7-15/h15-16,18H,2-14H2,1H3. The molecule has 3 rings (SSSR count). The zero-order valence-electron chi connectivity index (χ0n) is 13.2. The Kier molecular flexibility index (Phi) is 5.00. The second kappa shape index (κ2) is 6.76. The number of nitrogens with zero attached hydrogens (tertiary/aromatic N) is 1. The summed E-state index contributed by atoms with van der Waals surface area (Å²) in [6.07, 6.45) is 11.1. The molecule has 1 atom stereocenters. The summed E-state index contributed by atoms with van der Waals surface area (Å²) in [6.45, 7) is 7.67. The zero-order valence-corrected chi connectivity index (χ0v) is 13.2. The van der Waals surface area contributed by atoms with Gasteiger partial charge in [0.25, 0.3) is 0 Å². The van der Waals surface area contributed by atoms with Gasteiger partial charge in [-0.3, -0.25) is 4.90 Å². The van der Waals surface area contributed by atoms with Crippen molar-refractivity contribution >= 4 is 0 Å². The van der Waals surface area contributed by atoms with E-state index in [2.05, 4.69) is 17.1 Å². The van der Waals surface area contributed by atoms with E-state index in [0.29, 0.717) is 5.54 Å². The van der Waals surface area contributed by atoms with Crippen LogP contribution in [0.25, 0.3) is 0 Å². The summed E-state index contributed by atoms with van der Waals surface area (Å²) in [5.74, 6) is 0.967.